The number of benzene rings is 5. The van der Waals surface area contributed by atoms with E-state index in [-0.39, 0.29) is 32.7 Å². The summed E-state index contributed by atoms with van der Waals surface area (Å²) in [6.07, 6.45) is 18.0. The van der Waals surface area contributed by atoms with Crippen molar-refractivity contribution in [3.8, 4) is 28.2 Å². The molecule has 278 valence electrons. The molecule has 12 rings (SSSR count). The summed E-state index contributed by atoms with van der Waals surface area (Å²) >= 11 is -0.328. The third kappa shape index (κ3) is 4.78. The van der Waals surface area contributed by atoms with Crippen LogP contribution in [0.3, 0.4) is 0 Å². The van der Waals surface area contributed by atoms with E-state index < -0.39 is 0 Å². The SMILES string of the molecule is CC12C=CC=CC1c1c3c(n(-c4ccccc4)c1N2c1cccc(-c2cccc(-n4c5ccccc5c5c6ncccc6n(-c6ccccc6)c54)c2)c1)C=CC=C[I-]3. The van der Waals surface area contributed by atoms with E-state index in [0.29, 0.717) is 0 Å². The molecule has 2 unspecified atom stereocenters. The second-order valence-electron chi connectivity index (χ2n) is 15.4. The second kappa shape index (κ2) is 12.9. The molecule has 0 spiro atoms. The predicted molar refractivity (Wildman–Crippen MR) is 235 cm³/mol. The Balaban J connectivity index is 1.06. The monoisotopic (exact) mass is 858 g/mol. The van der Waals surface area contributed by atoms with Gasteiger partial charge in [-0.15, -0.1) is 0 Å². The molecule has 3 aliphatic rings. The number of rotatable bonds is 5. The summed E-state index contributed by atoms with van der Waals surface area (Å²) < 4.78 is 11.2. The number of allylic oxidation sites excluding steroid dienone is 4. The van der Waals surface area contributed by atoms with E-state index >= 15 is 0 Å². The molecule has 0 radical (unpaired) electrons. The van der Waals surface area contributed by atoms with Crippen LogP contribution in [0.4, 0.5) is 11.5 Å². The zero-order valence-electron chi connectivity index (χ0n) is 31.7. The molecule has 0 saturated carbocycles. The fraction of sp³-hybridized carbons (Fsp3) is 0.0577. The Kier molecular flexibility index (Phi) is 7.48. The van der Waals surface area contributed by atoms with Gasteiger partial charge in [0.1, 0.15) is 0 Å². The normalized spacial score (nSPS) is 18.1. The minimum absolute atomic E-state index is 0.230. The van der Waals surface area contributed by atoms with Crippen molar-refractivity contribution in [1.82, 2.24) is 18.7 Å². The molecule has 0 fully saturated rings. The van der Waals surface area contributed by atoms with E-state index in [9.17, 15) is 0 Å². The van der Waals surface area contributed by atoms with Gasteiger partial charge in [-0.2, -0.15) is 0 Å². The topological polar surface area (TPSA) is 30.9 Å². The van der Waals surface area contributed by atoms with Gasteiger partial charge in [-0.1, -0.05) is 36.4 Å². The van der Waals surface area contributed by atoms with Crippen LogP contribution in [0.15, 0.2) is 192 Å². The van der Waals surface area contributed by atoms with Crippen LogP contribution in [0.25, 0.3) is 67.2 Å². The maximum atomic E-state index is 4.97. The van der Waals surface area contributed by atoms with Crippen molar-refractivity contribution in [3.05, 3.63) is 207 Å². The van der Waals surface area contributed by atoms with Gasteiger partial charge in [-0.05, 0) is 30.3 Å². The molecule has 0 amide bonds. The van der Waals surface area contributed by atoms with Crippen LogP contribution in [0.5, 0.6) is 0 Å². The Morgan fingerprint density at radius 2 is 1.28 bits per heavy atom. The number of anilines is 2. The van der Waals surface area contributed by atoms with Gasteiger partial charge in [0.25, 0.3) is 0 Å². The summed E-state index contributed by atoms with van der Waals surface area (Å²) in [5.74, 6) is 1.50. The fourth-order valence-corrected chi connectivity index (χ4v) is 12.2. The van der Waals surface area contributed by atoms with Crippen LogP contribution in [0.1, 0.15) is 24.1 Å². The Morgan fingerprint density at radius 3 is 2.09 bits per heavy atom. The van der Waals surface area contributed by atoms with Crippen LogP contribution < -0.4 is 26.1 Å². The third-order valence-corrected chi connectivity index (χ3v) is 14.7. The summed E-state index contributed by atoms with van der Waals surface area (Å²) in [6.45, 7) is 2.41. The first-order chi connectivity index (χ1) is 28.7. The molecular weight excluding hydrogens is 822 g/mol. The molecule has 1 aliphatic carbocycles. The van der Waals surface area contributed by atoms with Crippen molar-refractivity contribution in [2.75, 3.05) is 4.90 Å². The number of halogens is 1. The van der Waals surface area contributed by atoms with E-state index in [2.05, 4.69) is 212 Å². The molecule has 4 aromatic heterocycles. The van der Waals surface area contributed by atoms with Gasteiger partial charge in [0.2, 0.25) is 0 Å². The number of pyridine rings is 1. The van der Waals surface area contributed by atoms with Gasteiger partial charge in [-0.25, -0.2) is 0 Å². The number of fused-ring (bicyclic) bond motifs is 10. The van der Waals surface area contributed by atoms with Crippen molar-refractivity contribution in [2.45, 2.75) is 18.4 Å². The number of nitrogens with zero attached hydrogens (tertiary/aromatic N) is 5. The predicted octanol–water partition coefficient (Wildman–Crippen LogP) is 9.50. The number of aromatic nitrogens is 4. The Bertz CT molecular complexity index is 3230. The summed E-state index contributed by atoms with van der Waals surface area (Å²) in [6, 6.07) is 52.8. The summed E-state index contributed by atoms with van der Waals surface area (Å²) in [5.41, 5.74) is 13.8. The molecule has 2 aliphatic heterocycles. The molecule has 6 heterocycles. The minimum atomic E-state index is -0.328. The first-order valence-electron chi connectivity index (χ1n) is 19.8. The van der Waals surface area contributed by atoms with Gasteiger partial charge in [-0.3, -0.25) is 9.55 Å². The number of hydrogen-bond donors (Lipinski definition) is 0. The quantitative estimate of drug-likeness (QED) is 0.162. The van der Waals surface area contributed by atoms with E-state index in [0.717, 1.165) is 39.0 Å². The van der Waals surface area contributed by atoms with Crippen molar-refractivity contribution in [2.24, 2.45) is 0 Å². The van der Waals surface area contributed by atoms with Gasteiger partial charge in [0, 0.05) is 17.3 Å². The second-order valence-corrected chi connectivity index (χ2v) is 17.8. The zero-order valence-corrected chi connectivity index (χ0v) is 33.9. The summed E-state index contributed by atoms with van der Waals surface area (Å²) in [7, 11) is 0. The van der Waals surface area contributed by atoms with Crippen LogP contribution in [-0.4, -0.2) is 24.2 Å². The third-order valence-electron chi connectivity index (χ3n) is 12.1. The Morgan fingerprint density at radius 1 is 0.603 bits per heavy atom. The van der Waals surface area contributed by atoms with Crippen LogP contribution >= 0.6 is 0 Å². The van der Waals surface area contributed by atoms with Gasteiger partial charge in [0.15, 0.2) is 0 Å². The molecule has 0 bridgehead atoms. The number of para-hydroxylation sites is 3. The molecule has 6 heteroatoms. The molecule has 2 atom stereocenters. The van der Waals surface area contributed by atoms with Crippen LogP contribution in [0.2, 0.25) is 0 Å². The van der Waals surface area contributed by atoms with Crippen molar-refractivity contribution in [3.63, 3.8) is 0 Å². The van der Waals surface area contributed by atoms with Gasteiger partial charge >= 0.3 is 239 Å². The van der Waals surface area contributed by atoms with Crippen LogP contribution in [-0.2, 0) is 0 Å². The Labute approximate surface area is 347 Å². The molecule has 0 saturated heterocycles. The van der Waals surface area contributed by atoms with E-state index in [1.54, 1.807) is 0 Å². The van der Waals surface area contributed by atoms with Crippen molar-refractivity contribution in [1.29, 1.82) is 0 Å². The Hall–Kier alpha value is -6.64. The fourth-order valence-electron chi connectivity index (χ4n) is 9.71. The molecule has 58 heavy (non-hydrogen) atoms. The molecule has 9 aromatic rings. The van der Waals surface area contributed by atoms with Crippen molar-refractivity contribution >= 4 is 50.6 Å². The van der Waals surface area contributed by atoms with E-state index in [1.807, 2.05) is 12.3 Å². The molecule has 0 N–H and O–H groups in total. The van der Waals surface area contributed by atoms with Gasteiger partial charge < -0.3 is 0 Å². The first-order valence-corrected chi connectivity index (χ1v) is 22.1. The zero-order chi connectivity index (χ0) is 38.4. The number of hydrogen-bond acceptors (Lipinski definition) is 2. The summed E-state index contributed by atoms with van der Waals surface area (Å²) in [5, 5.41) is 2.36. The molecule has 5 aromatic carbocycles. The summed E-state index contributed by atoms with van der Waals surface area (Å²) in [4.78, 5) is 7.59. The van der Waals surface area contributed by atoms with Gasteiger partial charge in [0.05, 0.1) is 16.4 Å². The first kappa shape index (κ1) is 33.5. The molecule has 5 nitrogen and oxygen atoms in total. The maximum absolute atomic E-state index is 4.97. The van der Waals surface area contributed by atoms with Crippen LogP contribution in [0, 0.1) is 3.57 Å². The van der Waals surface area contributed by atoms with Crippen molar-refractivity contribution < 1.29 is 21.2 Å². The van der Waals surface area contributed by atoms with E-state index in [4.69, 9.17) is 4.98 Å². The average molecular weight is 859 g/mol. The average Bonchev–Trinajstić information content (AvgIpc) is 3.90. The standard InChI is InChI=1S/C52H37IN5/c1-52-30-12-10-26-42(52)47-48-44(28-11-13-31-53-48)55(37-19-4-2-5-20-37)51(47)58(52)40-24-15-18-36(34-40)35-17-14-23-39(33-35)57-43-27-9-8-25-41(43)46-49-45(29-16-32-54-49)56(50(46)57)38-21-6-3-7-22-38/h2-34,42H,1H3/q-1. The molecular formula is C52H37IN5-. The van der Waals surface area contributed by atoms with E-state index in [1.165, 1.54) is 48.5 Å².